The Bertz CT molecular complexity index is 568. The Kier molecular flexibility index (Phi) is 3.19. The van der Waals surface area contributed by atoms with Gasteiger partial charge in [-0.1, -0.05) is 0 Å². The standard InChI is InChI=1S/C14H13NP/c1-10-4-5-14(11(2)6-10)15-7-12(3)13-8-16-9-13/h4-8H,3H2,1-2H3/q+1. The van der Waals surface area contributed by atoms with E-state index >= 15 is 0 Å². The van der Waals surface area contributed by atoms with E-state index in [1.54, 1.807) is 0 Å². The van der Waals surface area contributed by atoms with E-state index in [9.17, 15) is 0 Å². The van der Waals surface area contributed by atoms with Crippen molar-refractivity contribution in [3.8, 4) is 5.63 Å². The Labute approximate surface area is 97.7 Å². The first-order valence-corrected chi connectivity index (χ1v) is 6.10. The topological polar surface area (TPSA) is 12.4 Å². The molecule has 0 aliphatic carbocycles. The third kappa shape index (κ3) is 2.39. The van der Waals surface area contributed by atoms with Crippen molar-refractivity contribution in [2.24, 2.45) is 4.99 Å². The molecule has 0 aromatic heterocycles. The summed E-state index contributed by atoms with van der Waals surface area (Å²) in [6.07, 6.45) is 1.81. The van der Waals surface area contributed by atoms with E-state index in [2.05, 4.69) is 49.0 Å². The average molecular weight is 226 g/mol. The van der Waals surface area contributed by atoms with E-state index < -0.39 is 0 Å². The van der Waals surface area contributed by atoms with E-state index in [1.165, 1.54) is 11.1 Å². The first-order valence-electron chi connectivity index (χ1n) is 5.13. The zero-order valence-electron chi connectivity index (χ0n) is 9.49. The zero-order valence-corrected chi connectivity index (χ0v) is 10.4. The van der Waals surface area contributed by atoms with Gasteiger partial charge in [0.25, 0.3) is 0 Å². The molecule has 1 aromatic carbocycles. The van der Waals surface area contributed by atoms with Gasteiger partial charge in [-0.25, -0.2) is 0 Å². The average Bonchev–Trinajstić information content (AvgIpc) is 2.13. The quantitative estimate of drug-likeness (QED) is 0.536. The summed E-state index contributed by atoms with van der Waals surface area (Å²) in [7, 11) is 1.15. The molecule has 0 N–H and O–H groups in total. The summed E-state index contributed by atoms with van der Waals surface area (Å²) in [5, 5.41) is 0. The molecule has 0 radical (unpaired) electrons. The summed E-state index contributed by atoms with van der Waals surface area (Å²) < 4.78 is 0. The fraction of sp³-hybridized carbons (Fsp3) is 0.143. The Balaban J connectivity index is 2.15. The summed E-state index contributed by atoms with van der Waals surface area (Å²) >= 11 is 0. The Morgan fingerprint density at radius 1 is 1.44 bits per heavy atom. The number of hydrogen-bond acceptors (Lipinski definition) is 1. The summed E-state index contributed by atoms with van der Waals surface area (Å²) in [5.74, 6) is 2.08. The van der Waals surface area contributed by atoms with Crippen LogP contribution in [0.25, 0.3) is 0 Å². The van der Waals surface area contributed by atoms with Gasteiger partial charge in [0.1, 0.15) is 0 Å². The SMILES string of the molecule is C=C(C=Nc1ccc(C)cc1C)C1=C[P+]#C1. The summed E-state index contributed by atoms with van der Waals surface area (Å²) in [6.45, 7) is 8.11. The molecule has 78 valence electrons. The predicted molar refractivity (Wildman–Crippen MR) is 72.1 cm³/mol. The molecular formula is C14H13NP+. The normalized spacial score (nSPS) is 13.2. The van der Waals surface area contributed by atoms with Crippen LogP contribution in [-0.2, 0) is 0 Å². The molecule has 2 rings (SSSR count). The van der Waals surface area contributed by atoms with E-state index in [1.807, 2.05) is 12.3 Å². The van der Waals surface area contributed by atoms with Crippen molar-refractivity contribution in [2.45, 2.75) is 13.8 Å². The second-order valence-electron chi connectivity index (χ2n) is 3.86. The van der Waals surface area contributed by atoms with Crippen LogP contribution in [0.2, 0.25) is 0 Å². The molecule has 0 saturated carbocycles. The number of aliphatic imine (C=N–C) groups is 1. The van der Waals surface area contributed by atoms with Crippen molar-refractivity contribution in [3.63, 3.8) is 0 Å². The first kappa shape index (κ1) is 11.1. The number of nitrogens with zero attached hydrogens (tertiary/aromatic N) is 1. The zero-order chi connectivity index (χ0) is 11.5. The van der Waals surface area contributed by atoms with Gasteiger partial charge >= 0.3 is 97.3 Å². The van der Waals surface area contributed by atoms with Gasteiger partial charge in [0, 0.05) is 0 Å². The van der Waals surface area contributed by atoms with Crippen LogP contribution in [0.3, 0.4) is 0 Å². The van der Waals surface area contributed by atoms with Gasteiger partial charge in [0.2, 0.25) is 0 Å². The van der Waals surface area contributed by atoms with Crippen molar-refractivity contribution in [1.82, 2.24) is 0 Å². The van der Waals surface area contributed by atoms with E-state index in [4.69, 9.17) is 0 Å². The molecule has 1 heterocycles. The van der Waals surface area contributed by atoms with Crippen LogP contribution in [0.4, 0.5) is 5.69 Å². The summed E-state index contributed by atoms with van der Waals surface area (Å²) in [4.78, 5) is 4.44. The Morgan fingerprint density at radius 2 is 2.19 bits per heavy atom. The second kappa shape index (κ2) is 4.61. The van der Waals surface area contributed by atoms with Gasteiger partial charge in [-0.05, 0) is 0 Å². The maximum atomic E-state index is 4.44. The molecule has 0 atom stereocenters. The predicted octanol–water partition coefficient (Wildman–Crippen LogP) is 4.36. The monoisotopic (exact) mass is 226 g/mol. The minimum absolute atomic E-state index is 0.929. The molecule has 16 heavy (non-hydrogen) atoms. The Morgan fingerprint density at radius 3 is 2.75 bits per heavy atom. The van der Waals surface area contributed by atoms with Crippen molar-refractivity contribution >= 4 is 19.9 Å². The number of aryl methyl sites for hydroxylation is 2. The van der Waals surface area contributed by atoms with Crippen LogP contribution in [0.1, 0.15) is 11.1 Å². The van der Waals surface area contributed by atoms with Crippen molar-refractivity contribution in [1.29, 1.82) is 0 Å². The van der Waals surface area contributed by atoms with E-state index in [0.717, 1.165) is 24.9 Å². The summed E-state index contributed by atoms with van der Waals surface area (Å²) in [5.41, 5.74) is 8.61. The van der Waals surface area contributed by atoms with E-state index in [0.29, 0.717) is 0 Å². The van der Waals surface area contributed by atoms with Crippen LogP contribution >= 0.6 is 8.04 Å². The number of benzene rings is 1. The Hall–Kier alpha value is -1.42. The van der Waals surface area contributed by atoms with Gasteiger partial charge in [0.15, 0.2) is 0 Å². The van der Waals surface area contributed by atoms with Gasteiger partial charge in [-0.2, -0.15) is 0 Å². The molecule has 0 unspecified atom stereocenters. The van der Waals surface area contributed by atoms with E-state index in [-0.39, 0.29) is 0 Å². The van der Waals surface area contributed by atoms with Gasteiger partial charge in [-0.15, -0.1) is 0 Å². The van der Waals surface area contributed by atoms with Crippen molar-refractivity contribution in [2.75, 3.05) is 0 Å². The van der Waals surface area contributed by atoms with Crippen LogP contribution in [0.5, 0.6) is 0 Å². The molecule has 1 aliphatic heterocycles. The molecule has 0 spiro atoms. The van der Waals surface area contributed by atoms with Gasteiger partial charge in [-0.3, -0.25) is 0 Å². The third-order valence-corrected chi connectivity index (χ3v) is 3.19. The fourth-order valence-electron chi connectivity index (χ4n) is 1.45. The van der Waals surface area contributed by atoms with Crippen molar-refractivity contribution in [3.05, 3.63) is 52.9 Å². The van der Waals surface area contributed by atoms with Crippen LogP contribution in [0.15, 0.2) is 46.7 Å². The first-order chi connectivity index (χ1) is 7.66. The van der Waals surface area contributed by atoms with Crippen LogP contribution in [-0.4, -0.2) is 6.21 Å². The molecule has 1 aromatic rings. The minimum atomic E-state index is 0.929. The third-order valence-electron chi connectivity index (χ3n) is 2.44. The number of hydrogen-bond donors (Lipinski definition) is 0. The van der Waals surface area contributed by atoms with Gasteiger partial charge in [0.05, 0.1) is 0 Å². The van der Waals surface area contributed by atoms with Crippen LogP contribution < -0.4 is 0 Å². The molecule has 0 saturated heterocycles. The van der Waals surface area contributed by atoms with Crippen molar-refractivity contribution < 1.29 is 0 Å². The molecular weight excluding hydrogens is 213 g/mol. The second-order valence-corrected chi connectivity index (χ2v) is 4.60. The molecule has 1 aliphatic rings. The molecule has 0 fully saturated rings. The molecule has 2 heteroatoms. The number of allylic oxidation sites excluding steroid dienone is 2. The van der Waals surface area contributed by atoms with Crippen LogP contribution in [0, 0.1) is 19.5 Å². The van der Waals surface area contributed by atoms with Gasteiger partial charge < -0.3 is 0 Å². The fourth-order valence-corrected chi connectivity index (χ4v) is 2.02. The molecule has 0 bridgehead atoms. The molecule has 1 nitrogen and oxygen atoms in total. The number of rotatable bonds is 3. The molecule has 0 amide bonds. The summed E-state index contributed by atoms with van der Waals surface area (Å²) in [6, 6.07) is 6.24. The maximum absolute atomic E-state index is 4.44.